The average molecular weight is 192 g/mol. The minimum absolute atomic E-state index is 0.149. The van der Waals surface area contributed by atoms with Crippen LogP contribution in [0.2, 0.25) is 0 Å². The van der Waals surface area contributed by atoms with E-state index >= 15 is 0 Å². The van der Waals surface area contributed by atoms with Crippen LogP contribution < -0.4 is 0 Å². The van der Waals surface area contributed by atoms with Gasteiger partial charge < -0.3 is 9.84 Å². The highest BCUT2D eigenvalue weighted by Crippen LogP contribution is 2.43. The Bertz CT molecular complexity index is 307. The molecule has 0 unspecified atom stereocenters. The molecule has 2 atom stereocenters. The van der Waals surface area contributed by atoms with E-state index in [9.17, 15) is 5.11 Å². The molecule has 0 aromatic heterocycles. The molecule has 0 aliphatic carbocycles. The van der Waals surface area contributed by atoms with E-state index in [0.29, 0.717) is 6.61 Å². The highest BCUT2D eigenvalue weighted by Gasteiger charge is 2.49. The first-order valence-corrected chi connectivity index (χ1v) is 5.03. The molecule has 2 heteroatoms. The lowest BCUT2D eigenvalue weighted by molar-refractivity contribution is -0.261. The Morgan fingerprint density at radius 2 is 2.00 bits per heavy atom. The van der Waals surface area contributed by atoms with Crippen LogP contribution in [0.1, 0.15) is 25.5 Å². The van der Waals surface area contributed by atoms with Crippen molar-refractivity contribution < 1.29 is 9.84 Å². The molecule has 1 aliphatic rings. The molecule has 1 fully saturated rings. The molecule has 1 aliphatic heterocycles. The molecule has 0 bridgehead atoms. The Hall–Kier alpha value is -0.860. The quantitative estimate of drug-likeness (QED) is 0.778. The standard InChI is InChI=1S/C12H16O2/c1-9(2)12(13)8-14-11(12)10-6-4-3-5-7-10/h3-7,9,11,13H,8H2,1-2H3/t11-,12+/m1/s1. The number of aliphatic hydroxyl groups is 1. The average Bonchev–Trinajstić information content (AvgIpc) is 2.16. The predicted molar refractivity (Wildman–Crippen MR) is 54.9 cm³/mol. The maximum absolute atomic E-state index is 10.3. The molecule has 76 valence electrons. The highest BCUT2D eigenvalue weighted by atomic mass is 16.6. The largest absolute Gasteiger partial charge is 0.384 e. The Balaban J connectivity index is 2.22. The summed E-state index contributed by atoms with van der Waals surface area (Å²) in [5.41, 5.74) is 0.386. The fraction of sp³-hybridized carbons (Fsp3) is 0.500. The molecule has 1 heterocycles. The van der Waals surface area contributed by atoms with Crippen molar-refractivity contribution >= 4 is 0 Å². The fourth-order valence-corrected chi connectivity index (χ4v) is 1.82. The molecule has 1 N–H and O–H groups in total. The first-order chi connectivity index (χ1) is 6.64. The van der Waals surface area contributed by atoms with Crippen molar-refractivity contribution in [3.63, 3.8) is 0 Å². The van der Waals surface area contributed by atoms with Crippen LogP contribution in [0.15, 0.2) is 30.3 Å². The second-order valence-electron chi connectivity index (χ2n) is 4.25. The van der Waals surface area contributed by atoms with E-state index in [2.05, 4.69) is 0 Å². The topological polar surface area (TPSA) is 29.5 Å². The Morgan fingerprint density at radius 1 is 1.36 bits per heavy atom. The summed E-state index contributed by atoms with van der Waals surface area (Å²) < 4.78 is 5.44. The second-order valence-corrected chi connectivity index (χ2v) is 4.25. The minimum atomic E-state index is -0.679. The Kier molecular flexibility index (Phi) is 2.33. The van der Waals surface area contributed by atoms with Crippen molar-refractivity contribution in [1.82, 2.24) is 0 Å². The third-order valence-corrected chi connectivity index (χ3v) is 3.04. The lowest BCUT2D eigenvalue weighted by Gasteiger charge is -2.48. The maximum atomic E-state index is 10.3. The number of hydrogen-bond donors (Lipinski definition) is 1. The van der Waals surface area contributed by atoms with E-state index in [1.54, 1.807) is 0 Å². The smallest absolute Gasteiger partial charge is 0.120 e. The first kappa shape index (κ1) is 9.69. The first-order valence-electron chi connectivity index (χ1n) is 5.03. The molecule has 1 aromatic rings. The number of rotatable bonds is 2. The van der Waals surface area contributed by atoms with Crippen molar-refractivity contribution in [3.8, 4) is 0 Å². The SMILES string of the molecule is CC(C)[C@@]1(O)CO[C@@H]1c1ccccc1. The summed E-state index contributed by atoms with van der Waals surface area (Å²) in [6, 6.07) is 9.90. The van der Waals surface area contributed by atoms with Crippen molar-refractivity contribution in [2.24, 2.45) is 5.92 Å². The molecule has 14 heavy (non-hydrogen) atoms. The van der Waals surface area contributed by atoms with Crippen molar-refractivity contribution in [1.29, 1.82) is 0 Å². The number of ether oxygens (including phenoxy) is 1. The van der Waals surface area contributed by atoms with Gasteiger partial charge in [-0.1, -0.05) is 44.2 Å². The van der Waals surface area contributed by atoms with Crippen LogP contribution in [0.25, 0.3) is 0 Å². The van der Waals surface area contributed by atoms with Gasteiger partial charge in [0, 0.05) is 0 Å². The molecule has 0 saturated carbocycles. The highest BCUT2D eigenvalue weighted by molar-refractivity contribution is 5.23. The zero-order valence-electron chi connectivity index (χ0n) is 8.60. The van der Waals surface area contributed by atoms with Crippen LogP contribution >= 0.6 is 0 Å². The maximum Gasteiger partial charge on any atom is 0.120 e. The third-order valence-electron chi connectivity index (χ3n) is 3.04. The van der Waals surface area contributed by atoms with Gasteiger partial charge in [-0.3, -0.25) is 0 Å². The van der Waals surface area contributed by atoms with Crippen molar-refractivity contribution in [2.45, 2.75) is 25.6 Å². The molecular formula is C12H16O2. The van der Waals surface area contributed by atoms with E-state index in [0.717, 1.165) is 5.56 Å². The van der Waals surface area contributed by atoms with E-state index < -0.39 is 5.60 Å². The Morgan fingerprint density at radius 3 is 2.43 bits per heavy atom. The van der Waals surface area contributed by atoms with Crippen molar-refractivity contribution in [3.05, 3.63) is 35.9 Å². The van der Waals surface area contributed by atoms with Gasteiger partial charge in [-0.25, -0.2) is 0 Å². The molecular weight excluding hydrogens is 176 g/mol. The van der Waals surface area contributed by atoms with Gasteiger partial charge in [0.25, 0.3) is 0 Å². The van der Waals surface area contributed by atoms with E-state index in [-0.39, 0.29) is 12.0 Å². The van der Waals surface area contributed by atoms with Crippen LogP contribution in [0.5, 0.6) is 0 Å². The summed E-state index contributed by atoms with van der Waals surface area (Å²) >= 11 is 0. The monoisotopic (exact) mass is 192 g/mol. The summed E-state index contributed by atoms with van der Waals surface area (Å²) in [6.45, 7) is 4.50. The molecule has 2 nitrogen and oxygen atoms in total. The zero-order valence-corrected chi connectivity index (χ0v) is 8.60. The predicted octanol–water partition coefficient (Wildman–Crippen LogP) is 2.15. The molecule has 0 amide bonds. The van der Waals surface area contributed by atoms with Crippen LogP contribution in [0, 0.1) is 5.92 Å². The number of hydrogen-bond acceptors (Lipinski definition) is 2. The third kappa shape index (κ3) is 1.35. The van der Waals surface area contributed by atoms with Crippen molar-refractivity contribution in [2.75, 3.05) is 6.61 Å². The summed E-state index contributed by atoms with van der Waals surface area (Å²) in [5, 5.41) is 10.3. The van der Waals surface area contributed by atoms with E-state index in [1.165, 1.54) is 0 Å². The van der Waals surface area contributed by atoms with Crippen LogP contribution in [-0.4, -0.2) is 17.3 Å². The van der Waals surface area contributed by atoms with Crippen LogP contribution in [0.3, 0.4) is 0 Å². The van der Waals surface area contributed by atoms with Gasteiger partial charge in [-0.15, -0.1) is 0 Å². The van der Waals surface area contributed by atoms with Gasteiger partial charge in [0.2, 0.25) is 0 Å². The normalized spacial score (nSPS) is 31.6. The second kappa shape index (κ2) is 3.37. The van der Waals surface area contributed by atoms with Gasteiger partial charge in [0.15, 0.2) is 0 Å². The van der Waals surface area contributed by atoms with Gasteiger partial charge in [-0.05, 0) is 11.5 Å². The lowest BCUT2D eigenvalue weighted by Crippen LogP contribution is -2.55. The lowest BCUT2D eigenvalue weighted by atomic mass is 9.78. The van der Waals surface area contributed by atoms with Gasteiger partial charge in [0.1, 0.15) is 11.7 Å². The summed E-state index contributed by atoms with van der Waals surface area (Å²) in [7, 11) is 0. The van der Waals surface area contributed by atoms with E-state index in [1.807, 2.05) is 44.2 Å². The van der Waals surface area contributed by atoms with Gasteiger partial charge in [0.05, 0.1) is 6.61 Å². The summed E-state index contributed by atoms with van der Waals surface area (Å²) in [4.78, 5) is 0. The minimum Gasteiger partial charge on any atom is -0.384 e. The molecule has 1 saturated heterocycles. The van der Waals surface area contributed by atoms with E-state index in [4.69, 9.17) is 4.74 Å². The van der Waals surface area contributed by atoms with Crippen LogP contribution in [0.4, 0.5) is 0 Å². The Labute approximate surface area is 84.5 Å². The zero-order chi connectivity index (χ0) is 10.2. The van der Waals surface area contributed by atoms with Gasteiger partial charge >= 0.3 is 0 Å². The van der Waals surface area contributed by atoms with Gasteiger partial charge in [-0.2, -0.15) is 0 Å². The molecule has 2 rings (SSSR count). The fourth-order valence-electron chi connectivity index (χ4n) is 1.82. The summed E-state index contributed by atoms with van der Waals surface area (Å²) in [6.07, 6.45) is -0.149. The molecule has 0 spiro atoms. The summed E-state index contributed by atoms with van der Waals surface area (Å²) in [5.74, 6) is 0.224. The van der Waals surface area contributed by atoms with Crippen LogP contribution in [-0.2, 0) is 4.74 Å². The molecule has 0 radical (unpaired) electrons. The number of benzene rings is 1. The molecule has 1 aromatic carbocycles.